The number of benzene rings is 1. The summed E-state index contributed by atoms with van der Waals surface area (Å²) in [6.45, 7) is 5.79. The highest BCUT2D eigenvalue weighted by atomic mass is 15.2. The summed E-state index contributed by atoms with van der Waals surface area (Å²) in [7, 11) is 0. The highest BCUT2D eigenvalue weighted by Gasteiger charge is 2.26. The predicted octanol–water partition coefficient (Wildman–Crippen LogP) is 3.06. The standard InChI is InChI=1S/C13H19N/c1-11-8-9-12(2)14(11)10-13-6-4-3-5-7-13/h3-7,11-12H,8-10H2,1-2H3/t11-,12+. The molecule has 1 heterocycles. The first-order chi connectivity index (χ1) is 6.77. The van der Waals surface area contributed by atoms with Gasteiger partial charge in [-0.3, -0.25) is 4.90 Å². The average molecular weight is 189 g/mol. The molecule has 0 N–H and O–H groups in total. The SMILES string of the molecule is C[C@@H]1CC[C@H](C)N1Cc1ccccc1. The van der Waals surface area contributed by atoms with Gasteiger partial charge in [0.2, 0.25) is 0 Å². The van der Waals surface area contributed by atoms with Gasteiger partial charge in [0.1, 0.15) is 0 Å². The summed E-state index contributed by atoms with van der Waals surface area (Å²) in [5.41, 5.74) is 1.44. The van der Waals surface area contributed by atoms with E-state index in [-0.39, 0.29) is 0 Å². The van der Waals surface area contributed by atoms with E-state index in [1.54, 1.807) is 0 Å². The topological polar surface area (TPSA) is 3.24 Å². The van der Waals surface area contributed by atoms with Gasteiger partial charge in [-0.1, -0.05) is 30.3 Å². The van der Waals surface area contributed by atoms with Gasteiger partial charge in [-0.05, 0) is 32.3 Å². The lowest BCUT2D eigenvalue weighted by Gasteiger charge is -2.25. The zero-order valence-electron chi connectivity index (χ0n) is 9.11. The molecule has 14 heavy (non-hydrogen) atoms. The van der Waals surface area contributed by atoms with Crippen LogP contribution in [0.25, 0.3) is 0 Å². The first-order valence-corrected chi connectivity index (χ1v) is 5.57. The average Bonchev–Trinajstić information content (AvgIpc) is 2.51. The highest BCUT2D eigenvalue weighted by Crippen LogP contribution is 2.25. The Morgan fingerprint density at radius 1 is 1.07 bits per heavy atom. The quantitative estimate of drug-likeness (QED) is 0.691. The second kappa shape index (κ2) is 4.14. The Morgan fingerprint density at radius 3 is 2.21 bits per heavy atom. The molecule has 1 aliphatic rings. The summed E-state index contributed by atoms with van der Waals surface area (Å²) in [5, 5.41) is 0. The fourth-order valence-electron chi connectivity index (χ4n) is 2.35. The fraction of sp³-hybridized carbons (Fsp3) is 0.538. The Bertz CT molecular complexity index is 271. The van der Waals surface area contributed by atoms with Crippen LogP contribution in [0.15, 0.2) is 30.3 Å². The van der Waals surface area contributed by atoms with E-state index in [2.05, 4.69) is 49.1 Å². The summed E-state index contributed by atoms with van der Waals surface area (Å²) in [4.78, 5) is 2.61. The molecule has 1 aromatic rings. The first kappa shape index (κ1) is 9.72. The maximum atomic E-state index is 2.61. The molecular formula is C13H19N. The van der Waals surface area contributed by atoms with Crippen molar-refractivity contribution in [1.82, 2.24) is 4.90 Å². The summed E-state index contributed by atoms with van der Waals surface area (Å²) >= 11 is 0. The minimum atomic E-state index is 0.755. The molecule has 0 aromatic heterocycles. The third-order valence-corrected chi connectivity index (χ3v) is 3.34. The van der Waals surface area contributed by atoms with E-state index in [0.717, 1.165) is 18.6 Å². The second-order valence-corrected chi connectivity index (χ2v) is 4.43. The van der Waals surface area contributed by atoms with Crippen molar-refractivity contribution in [2.75, 3.05) is 0 Å². The van der Waals surface area contributed by atoms with Crippen LogP contribution in [0.3, 0.4) is 0 Å². The minimum absolute atomic E-state index is 0.755. The van der Waals surface area contributed by atoms with Crippen LogP contribution in [0.1, 0.15) is 32.3 Å². The van der Waals surface area contributed by atoms with Crippen molar-refractivity contribution in [1.29, 1.82) is 0 Å². The lowest BCUT2D eigenvalue weighted by atomic mass is 10.2. The Labute approximate surface area is 86.7 Å². The lowest BCUT2D eigenvalue weighted by molar-refractivity contribution is 0.205. The monoisotopic (exact) mass is 189 g/mol. The Kier molecular flexibility index (Phi) is 2.87. The van der Waals surface area contributed by atoms with Gasteiger partial charge in [0.05, 0.1) is 0 Å². The number of hydrogen-bond donors (Lipinski definition) is 0. The number of hydrogen-bond acceptors (Lipinski definition) is 1. The van der Waals surface area contributed by atoms with Crippen LogP contribution in [0, 0.1) is 0 Å². The van der Waals surface area contributed by atoms with E-state index >= 15 is 0 Å². The maximum Gasteiger partial charge on any atom is 0.0239 e. The van der Waals surface area contributed by atoms with E-state index in [1.165, 1.54) is 18.4 Å². The molecule has 0 saturated carbocycles. The summed E-state index contributed by atoms with van der Waals surface area (Å²) in [6.07, 6.45) is 2.71. The third-order valence-electron chi connectivity index (χ3n) is 3.34. The smallest absolute Gasteiger partial charge is 0.0239 e. The van der Waals surface area contributed by atoms with Crippen LogP contribution in [0.2, 0.25) is 0 Å². The molecular weight excluding hydrogens is 170 g/mol. The third kappa shape index (κ3) is 1.98. The molecule has 0 unspecified atom stereocenters. The summed E-state index contributed by atoms with van der Waals surface area (Å²) in [5.74, 6) is 0. The van der Waals surface area contributed by atoms with Crippen LogP contribution in [-0.4, -0.2) is 17.0 Å². The molecule has 1 saturated heterocycles. The number of nitrogens with zero attached hydrogens (tertiary/aromatic N) is 1. The molecule has 1 heteroatoms. The van der Waals surface area contributed by atoms with E-state index in [9.17, 15) is 0 Å². The molecule has 1 fully saturated rings. The van der Waals surface area contributed by atoms with Crippen molar-refractivity contribution in [2.45, 2.75) is 45.3 Å². The zero-order valence-corrected chi connectivity index (χ0v) is 9.11. The molecule has 2 atom stereocenters. The van der Waals surface area contributed by atoms with E-state index in [1.807, 2.05) is 0 Å². The first-order valence-electron chi connectivity index (χ1n) is 5.57. The molecule has 1 aliphatic heterocycles. The van der Waals surface area contributed by atoms with E-state index in [4.69, 9.17) is 0 Å². The Balaban J connectivity index is 2.04. The van der Waals surface area contributed by atoms with Crippen molar-refractivity contribution in [3.63, 3.8) is 0 Å². The highest BCUT2D eigenvalue weighted by molar-refractivity contribution is 5.15. The zero-order chi connectivity index (χ0) is 9.97. The van der Waals surface area contributed by atoms with Gasteiger partial charge in [0.25, 0.3) is 0 Å². The van der Waals surface area contributed by atoms with Gasteiger partial charge in [-0.25, -0.2) is 0 Å². The van der Waals surface area contributed by atoms with Crippen LogP contribution in [0.5, 0.6) is 0 Å². The van der Waals surface area contributed by atoms with Gasteiger partial charge < -0.3 is 0 Å². The Morgan fingerprint density at radius 2 is 1.64 bits per heavy atom. The van der Waals surface area contributed by atoms with Gasteiger partial charge in [0, 0.05) is 18.6 Å². The van der Waals surface area contributed by atoms with E-state index in [0.29, 0.717) is 0 Å². The number of rotatable bonds is 2. The van der Waals surface area contributed by atoms with Gasteiger partial charge in [-0.2, -0.15) is 0 Å². The van der Waals surface area contributed by atoms with Crippen LogP contribution >= 0.6 is 0 Å². The maximum absolute atomic E-state index is 2.61. The van der Waals surface area contributed by atoms with Crippen molar-refractivity contribution in [3.05, 3.63) is 35.9 Å². The summed E-state index contributed by atoms with van der Waals surface area (Å²) in [6, 6.07) is 12.3. The van der Waals surface area contributed by atoms with Gasteiger partial charge in [-0.15, -0.1) is 0 Å². The Hall–Kier alpha value is -0.820. The molecule has 0 radical (unpaired) electrons. The van der Waals surface area contributed by atoms with Gasteiger partial charge in [0.15, 0.2) is 0 Å². The molecule has 0 bridgehead atoms. The lowest BCUT2D eigenvalue weighted by Crippen LogP contribution is -2.31. The van der Waals surface area contributed by atoms with Crippen molar-refractivity contribution in [3.8, 4) is 0 Å². The molecule has 0 amide bonds. The van der Waals surface area contributed by atoms with Crippen molar-refractivity contribution >= 4 is 0 Å². The van der Waals surface area contributed by atoms with Crippen LogP contribution in [-0.2, 0) is 6.54 Å². The largest absolute Gasteiger partial charge is 0.294 e. The molecule has 2 rings (SSSR count). The normalized spacial score (nSPS) is 28.1. The molecule has 76 valence electrons. The van der Waals surface area contributed by atoms with E-state index < -0.39 is 0 Å². The van der Waals surface area contributed by atoms with Crippen LogP contribution < -0.4 is 0 Å². The van der Waals surface area contributed by atoms with Crippen molar-refractivity contribution in [2.24, 2.45) is 0 Å². The minimum Gasteiger partial charge on any atom is -0.294 e. The summed E-state index contributed by atoms with van der Waals surface area (Å²) < 4.78 is 0. The number of likely N-dealkylation sites (tertiary alicyclic amines) is 1. The molecule has 0 aliphatic carbocycles. The molecule has 1 aromatic carbocycles. The predicted molar refractivity (Wildman–Crippen MR) is 60.1 cm³/mol. The van der Waals surface area contributed by atoms with Crippen molar-refractivity contribution < 1.29 is 0 Å². The molecule has 1 nitrogen and oxygen atoms in total. The van der Waals surface area contributed by atoms with Gasteiger partial charge >= 0.3 is 0 Å². The molecule has 0 spiro atoms. The van der Waals surface area contributed by atoms with Crippen LogP contribution in [0.4, 0.5) is 0 Å². The fourth-order valence-corrected chi connectivity index (χ4v) is 2.35. The second-order valence-electron chi connectivity index (χ2n) is 4.43.